The molecular weight excluding hydrogens is 164 g/mol. The SMILES string of the molecule is CNCCN(C)N(C)CCN(C)C. The molecule has 0 amide bonds. The molecule has 0 unspecified atom stereocenters. The van der Waals surface area contributed by atoms with Gasteiger partial charge in [-0.05, 0) is 21.1 Å². The van der Waals surface area contributed by atoms with Crippen molar-refractivity contribution in [3.8, 4) is 0 Å². The molecule has 0 aliphatic heterocycles. The first-order chi connectivity index (χ1) is 6.07. The lowest BCUT2D eigenvalue weighted by molar-refractivity contribution is 0.0238. The van der Waals surface area contributed by atoms with Crippen LogP contribution in [0.25, 0.3) is 0 Å². The topological polar surface area (TPSA) is 21.8 Å². The normalized spacial score (nSPS) is 12.0. The highest BCUT2D eigenvalue weighted by atomic mass is 15.6. The zero-order chi connectivity index (χ0) is 10.3. The second-order valence-electron chi connectivity index (χ2n) is 3.67. The minimum Gasteiger partial charge on any atom is -0.318 e. The Bertz CT molecular complexity index is 116. The average molecular weight is 188 g/mol. The van der Waals surface area contributed by atoms with Crippen LogP contribution in [0.2, 0.25) is 0 Å². The molecule has 0 heterocycles. The Hall–Kier alpha value is -0.160. The van der Waals surface area contributed by atoms with Crippen molar-refractivity contribution in [1.29, 1.82) is 0 Å². The van der Waals surface area contributed by atoms with Crippen molar-refractivity contribution in [2.45, 2.75) is 0 Å². The van der Waals surface area contributed by atoms with Crippen LogP contribution in [0, 0.1) is 0 Å². The summed E-state index contributed by atoms with van der Waals surface area (Å²) < 4.78 is 0. The van der Waals surface area contributed by atoms with E-state index in [1.54, 1.807) is 0 Å². The van der Waals surface area contributed by atoms with Crippen molar-refractivity contribution in [3.63, 3.8) is 0 Å². The summed E-state index contributed by atoms with van der Waals surface area (Å²) in [6, 6.07) is 0. The molecule has 0 aromatic carbocycles. The minimum absolute atomic E-state index is 1.03. The lowest BCUT2D eigenvalue weighted by Gasteiger charge is -2.29. The first-order valence-electron chi connectivity index (χ1n) is 4.79. The van der Waals surface area contributed by atoms with E-state index in [-0.39, 0.29) is 0 Å². The summed E-state index contributed by atoms with van der Waals surface area (Å²) in [6.45, 7) is 4.26. The quantitative estimate of drug-likeness (QED) is 0.546. The van der Waals surface area contributed by atoms with Crippen LogP contribution >= 0.6 is 0 Å². The van der Waals surface area contributed by atoms with E-state index in [4.69, 9.17) is 0 Å². The van der Waals surface area contributed by atoms with E-state index >= 15 is 0 Å². The molecule has 0 aromatic rings. The van der Waals surface area contributed by atoms with Gasteiger partial charge in [-0.3, -0.25) is 0 Å². The number of hydrogen-bond acceptors (Lipinski definition) is 4. The second-order valence-corrected chi connectivity index (χ2v) is 3.67. The van der Waals surface area contributed by atoms with Gasteiger partial charge >= 0.3 is 0 Å². The third kappa shape index (κ3) is 6.95. The second kappa shape index (κ2) is 7.26. The summed E-state index contributed by atoms with van der Waals surface area (Å²) in [5, 5.41) is 7.62. The molecule has 0 saturated carbocycles. The van der Waals surface area contributed by atoms with Gasteiger partial charge in [-0.15, -0.1) is 0 Å². The Morgan fingerprint density at radius 2 is 1.38 bits per heavy atom. The third-order valence-electron chi connectivity index (χ3n) is 2.14. The Labute approximate surface area is 82.5 Å². The summed E-state index contributed by atoms with van der Waals surface area (Å²) in [5.74, 6) is 0. The molecule has 0 aliphatic rings. The summed E-state index contributed by atoms with van der Waals surface area (Å²) in [6.07, 6.45) is 0. The largest absolute Gasteiger partial charge is 0.318 e. The third-order valence-corrected chi connectivity index (χ3v) is 2.14. The van der Waals surface area contributed by atoms with Crippen molar-refractivity contribution < 1.29 is 0 Å². The van der Waals surface area contributed by atoms with Gasteiger partial charge in [0.1, 0.15) is 0 Å². The van der Waals surface area contributed by atoms with Gasteiger partial charge in [0.15, 0.2) is 0 Å². The van der Waals surface area contributed by atoms with Crippen molar-refractivity contribution >= 4 is 0 Å². The predicted molar refractivity (Wildman–Crippen MR) is 57.7 cm³/mol. The molecule has 0 aromatic heterocycles. The van der Waals surface area contributed by atoms with Gasteiger partial charge < -0.3 is 10.2 Å². The minimum atomic E-state index is 1.03. The predicted octanol–water partition coefficient (Wildman–Crippen LogP) is -0.454. The summed E-state index contributed by atoms with van der Waals surface area (Å²) in [7, 11) is 10.4. The molecule has 0 fully saturated rings. The molecular formula is C9H24N4. The van der Waals surface area contributed by atoms with E-state index in [0.717, 1.165) is 26.2 Å². The fourth-order valence-electron chi connectivity index (χ4n) is 0.960. The lowest BCUT2D eigenvalue weighted by atomic mass is 10.5. The van der Waals surface area contributed by atoms with Gasteiger partial charge in [-0.2, -0.15) is 0 Å². The van der Waals surface area contributed by atoms with E-state index in [1.165, 1.54) is 0 Å². The van der Waals surface area contributed by atoms with Crippen LogP contribution in [0.3, 0.4) is 0 Å². The maximum atomic E-state index is 3.14. The number of nitrogens with one attached hydrogen (secondary N) is 1. The van der Waals surface area contributed by atoms with Crippen LogP contribution in [0.1, 0.15) is 0 Å². The fourth-order valence-corrected chi connectivity index (χ4v) is 0.960. The molecule has 0 saturated heterocycles. The van der Waals surface area contributed by atoms with Gasteiger partial charge in [0.25, 0.3) is 0 Å². The van der Waals surface area contributed by atoms with Crippen molar-refractivity contribution in [1.82, 2.24) is 20.2 Å². The summed E-state index contributed by atoms with van der Waals surface area (Å²) in [5.41, 5.74) is 0. The standard InChI is InChI=1S/C9H24N4/c1-10-6-7-12(4)13(5)9-8-11(2)3/h10H,6-9H2,1-5H3. The van der Waals surface area contributed by atoms with E-state index in [9.17, 15) is 0 Å². The molecule has 0 rings (SSSR count). The Morgan fingerprint density at radius 3 is 1.85 bits per heavy atom. The van der Waals surface area contributed by atoms with Crippen molar-refractivity contribution in [2.75, 3.05) is 61.4 Å². The zero-order valence-electron chi connectivity index (χ0n) is 9.67. The molecule has 1 N–H and O–H groups in total. The van der Waals surface area contributed by atoms with Crippen LogP contribution in [-0.4, -0.2) is 76.3 Å². The van der Waals surface area contributed by atoms with Gasteiger partial charge in [-0.25, -0.2) is 10.0 Å². The first kappa shape index (κ1) is 12.8. The number of nitrogens with zero attached hydrogens (tertiary/aromatic N) is 3. The van der Waals surface area contributed by atoms with E-state index in [2.05, 4.69) is 48.4 Å². The van der Waals surface area contributed by atoms with Crippen LogP contribution < -0.4 is 5.32 Å². The highest BCUT2D eigenvalue weighted by Crippen LogP contribution is 1.89. The molecule has 0 aliphatic carbocycles. The summed E-state index contributed by atoms with van der Waals surface area (Å²) in [4.78, 5) is 2.20. The van der Waals surface area contributed by atoms with Gasteiger partial charge in [0.05, 0.1) is 0 Å². The zero-order valence-corrected chi connectivity index (χ0v) is 9.67. The Kier molecular flexibility index (Phi) is 7.17. The van der Waals surface area contributed by atoms with Crippen LogP contribution in [-0.2, 0) is 0 Å². The number of likely N-dealkylation sites (N-methyl/N-ethyl adjacent to an activating group) is 4. The number of hydrogen-bond donors (Lipinski definition) is 1. The van der Waals surface area contributed by atoms with Crippen LogP contribution in [0.4, 0.5) is 0 Å². The Morgan fingerprint density at radius 1 is 0.846 bits per heavy atom. The molecule has 0 spiro atoms. The molecule has 80 valence electrons. The highest BCUT2D eigenvalue weighted by molar-refractivity contribution is 4.53. The molecule has 4 heteroatoms. The van der Waals surface area contributed by atoms with Crippen molar-refractivity contribution in [3.05, 3.63) is 0 Å². The van der Waals surface area contributed by atoms with Gasteiger partial charge in [0, 0.05) is 40.3 Å². The van der Waals surface area contributed by atoms with Crippen LogP contribution in [0.15, 0.2) is 0 Å². The van der Waals surface area contributed by atoms with E-state index < -0.39 is 0 Å². The van der Waals surface area contributed by atoms with Gasteiger partial charge in [0.2, 0.25) is 0 Å². The smallest absolute Gasteiger partial charge is 0.0257 e. The maximum absolute atomic E-state index is 3.14. The number of rotatable bonds is 7. The average Bonchev–Trinajstić information content (AvgIpc) is 2.10. The Balaban J connectivity index is 3.50. The van der Waals surface area contributed by atoms with E-state index in [0.29, 0.717) is 0 Å². The maximum Gasteiger partial charge on any atom is 0.0257 e. The van der Waals surface area contributed by atoms with Crippen LogP contribution in [0.5, 0.6) is 0 Å². The molecule has 13 heavy (non-hydrogen) atoms. The van der Waals surface area contributed by atoms with Gasteiger partial charge in [-0.1, -0.05) is 0 Å². The molecule has 0 radical (unpaired) electrons. The highest BCUT2D eigenvalue weighted by Gasteiger charge is 2.04. The molecule has 0 atom stereocenters. The molecule has 0 bridgehead atoms. The lowest BCUT2D eigenvalue weighted by Crippen LogP contribution is -2.43. The molecule has 4 nitrogen and oxygen atoms in total. The number of hydrazine groups is 1. The monoisotopic (exact) mass is 188 g/mol. The summed E-state index contributed by atoms with van der Waals surface area (Å²) >= 11 is 0. The van der Waals surface area contributed by atoms with Crippen molar-refractivity contribution in [2.24, 2.45) is 0 Å². The fraction of sp³-hybridized carbons (Fsp3) is 1.00. The van der Waals surface area contributed by atoms with E-state index in [1.807, 2.05) is 7.05 Å². The first-order valence-corrected chi connectivity index (χ1v) is 4.79.